The van der Waals surface area contributed by atoms with Gasteiger partial charge < -0.3 is 20.1 Å². The van der Waals surface area contributed by atoms with Gasteiger partial charge in [-0.15, -0.1) is 0 Å². The maximum atomic E-state index is 12.6. The van der Waals surface area contributed by atoms with E-state index in [1.807, 2.05) is 0 Å². The zero-order valence-electron chi connectivity index (χ0n) is 39.1. The number of hydrogen-bond donors (Lipinski definition) is 2. The van der Waals surface area contributed by atoms with Gasteiger partial charge >= 0.3 is 13.8 Å². The minimum absolute atomic E-state index is 0.0932. The monoisotopic (exact) mass is 874 g/mol. The summed E-state index contributed by atoms with van der Waals surface area (Å²) in [6.07, 6.45) is 63.2. The van der Waals surface area contributed by atoms with E-state index in [0.717, 1.165) is 83.5 Å². The Hall–Kier alpha value is -2.32. The Kier molecular flexibility index (Phi) is 46.9. The fourth-order valence-electron chi connectivity index (χ4n) is 6.47. The Morgan fingerprint density at radius 3 is 1.38 bits per heavy atom. The summed E-state index contributed by atoms with van der Waals surface area (Å²) in [5.74, 6) is -0.344. The molecule has 0 aliphatic carbocycles. The highest BCUT2D eigenvalue weighted by Gasteiger charge is 2.25. The smallest absolute Gasteiger partial charge is 0.457 e. The molecule has 0 aromatic carbocycles. The molecule has 0 heterocycles. The molecule has 0 saturated carbocycles. The molecule has 0 spiro atoms. The first kappa shape index (κ1) is 58.7. The lowest BCUT2D eigenvalue weighted by Gasteiger charge is -2.20. The number of carbonyl (C=O) groups excluding carboxylic acids is 1. The van der Waals surface area contributed by atoms with Gasteiger partial charge in [0.25, 0.3) is 0 Å². The molecule has 9 heteroatoms. The van der Waals surface area contributed by atoms with Gasteiger partial charge in [0, 0.05) is 19.6 Å². The third-order valence-electron chi connectivity index (χ3n) is 10.0. The molecular weight excluding hydrogens is 782 g/mol. The number of phosphoric acid groups is 1. The number of nitrogens with two attached hydrogens (primary N) is 1. The van der Waals surface area contributed by atoms with Crippen molar-refractivity contribution in [2.45, 2.75) is 206 Å². The summed E-state index contributed by atoms with van der Waals surface area (Å²) in [6, 6.07) is 0. The van der Waals surface area contributed by atoms with E-state index >= 15 is 0 Å². The van der Waals surface area contributed by atoms with E-state index in [1.165, 1.54) is 96.3 Å². The fraction of sp³-hybridized carbons (Fsp3) is 0.712. The van der Waals surface area contributed by atoms with Gasteiger partial charge in [-0.2, -0.15) is 0 Å². The van der Waals surface area contributed by atoms with Crippen molar-refractivity contribution in [3.8, 4) is 0 Å². The number of esters is 1. The molecule has 3 N–H and O–H groups in total. The molecule has 61 heavy (non-hydrogen) atoms. The van der Waals surface area contributed by atoms with E-state index in [-0.39, 0.29) is 32.3 Å². The molecule has 2 atom stereocenters. The SMILES string of the molecule is CC/C=C\C/C=C\C/C=C\C/C=C\C/C=C\CCCCCCCCCCOCC(COP(=O)(O)OCCN)OC(=O)CCCCCCCCC/C=C\C/C=C\CCCCCC. The van der Waals surface area contributed by atoms with Crippen LogP contribution in [0.3, 0.4) is 0 Å². The Morgan fingerprint density at radius 2 is 0.918 bits per heavy atom. The van der Waals surface area contributed by atoms with Gasteiger partial charge in [-0.25, -0.2) is 4.57 Å². The quantitative estimate of drug-likeness (QED) is 0.0269. The van der Waals surface area contributed by atoms with Crippen LogP contribution in [0, 0.1) is 0 Å². The molecule has 0 rings (SSSR count). The maximum absolute atomic E-state index is 12.6. The van der Waals surface area contributed by atoms with E-state index in [4.69, 9.17) is 24.3 Å². The molecule has 352 valence electrons. The minimum atomic E-state index is -4.29. The number of phosphoric ester groups is 1. The lowest BCUT2D eigenvalue weighted by molar-refractivity contribution is -0.154. The maximum Gasteiger partial charge on any atom is 0.472 e. The van der Waals surface area contributed by atoms with Crippen molar-refractivity contribution < 1.29 is 32.8 Å². The van der Waals surface area contributed by atoms with Gasteiger partial charge in [-0.1, -0.05) is 189 Å². The van der Waals surface area contributed by atoms with E-state index in [0.29, 0.717) is 13.0 Å². The van der Waals surface area contributed by atoms with E-state index in [2.05, 4.69) is 98.9 Å². The van der Waals surface area contributed by atoms with Gasteiger partial charge in [-0.05, 0) is 89.9 Å². The topological polar surface area (TPSA) is 117 Å². The van der Waals surface area contributed by atoms with Gasteiger partial charge in [0.1, 0.15) is 6.10 Å². The first-order valence-corrected chi connectivity index (χ1v) is 26.1. The third-order valence-corrected chi connectivity index (χ3v) is 11.0. The second-order valence-corrected chi connectivity index (χ2v) is 17.4. The van der Waals surface area contributed by atoms with Crippen LogP contribution in [0.4, 0.5) is 0 Å². The molecule has 2 unspecified atom stereocenters. The summed E-state index contributed by atoms with van der Waals surface area (Å²) < 4.78 is 33.5. The standard InChI is InChI=1S/C52H92NO7P/c1-3-5-7-9-11-13-15-17-19-21-23-24-25-26-27-28-30-32-34-36-38-40-42-44-47-57-49-51(50-59-61(55,56)58-48-46-53)60-52(54)45-43-41-39-37-35-33-31-29-22-20-18-16-14-12-10-8-6-4-2/h5,7,11,13-14,16-17,19-20,22-24,26-27,51H,3-4,6,8-10,12,15,18,21,25,28-50,53H2,1-2H3,(H,55,56)/b7-5-,13-11-,16-14-,19-17-,22-20-,24-23-,27-26-. The lowest BCUT2D eigenvalue weighted by atomic mass is 10.1. The number of allylic oxidation sites excluding steroid dienone is 14. The summed E-state index contributed by atoms with van der Waals surface area (Å²) in [5.41, 5.74) is 5.38. The van der Waals surface area contributed by atoms with Crippen LogP contribution in [-0.2, 0) is 27.9 Å². The Morgan fingerprint density at radius 1 is 0.508 bits per heavy atom. The molecular formula is C52H92NO7P. The summed E-state index contributed by atoms with van der Waals surface area (Å²) >= 11 is 0. The molecule has 0 saturated heterocycles. The number of rotatable bonds is 46. The van der Waals surface area contributed by atoms with Gasteiger partial charge in [-0.3, -0.25) is 13.8 Å². The summed E-state index contributed by atoms with van der Waals surface area (Å²) in [6.45, 7) is 4.76. The lowest BCUT2D eigenvalue weighted by Crippen LogP contribution is -2.28. The highest BCUT2D eigenvalue weighted by atomic mass is 31.2. The second kappa shape index (κ2) is 48.7. The molecule has 0 aromatic rings. The molecule has 8 nitrogen and oxygen atoms in total. The van der Waals surface area contributed by atoms with Crippen molar-refractivity contribution in [2.75, 3.05) is 33.0 Å². The third kappa shape index (κ3) is 48.6. The molecule has 0 aliphatic rings. The van der Waals surface area contributed by atoms with Crippen molar-refractivity contribution >= 4 is 13.8 Å². The molecule has 0 bridgehead atoms. The van der Waals surface area contributed by atoms with Crippen LogP contribution in [-0.4, -0.2) is 49.9 Å². The van der Waals surface area contributed by atoms with E-state index in [9.17, 15) is 14.3 Å². The van der Waals surface area contributed by atoms with Crippen LogP contribution in [0.25, 0.3) is 0 Å². The van der Waals surface area contributed by atoms with E-state index in [1.54, 1.807) is 0 Å². The zero-order valence-corrected chi connectivity index (χ0v) is 40.0. The van der Waals surface area contributed by atoms with Crippen LogP contribution in [0.5, 0.6) is 0 Å². The molecule has 0 amide bonds. The fourth-order valence-corrected chi connectivity index (χ4v) is 7.23. The Balaban J connectivity index is 4.02. The van der Waals surface area contributed by atoms with Crippen molar-refractivity contribution in [1.29, 1.82) is 0 Å². The predicted octanol–water partition coefficient (Wildman–Crippen LogP) is 15.3. The molecule has 0 fully saturated rings. The number of unbranched alkanes of at least 4 members (excludes halogenated alkanes) is 19. The van der Waals surface area contributed by atoms with Gasteiger partial charge in [0.2, 0.25) is 0 Å². The van der Waals surface area contributed by atoms with Gasteiger partial charge in [0.05, 0.1) is 19.8 Å². The van der Waals surface area contributed by atoms with Crippen LogP contribution < -0.4 is 5.73 Å². The Bertz CT molecular complexity index is 1210. The number of hydrogen-bond acceptors (Lipinski definition) is 7. The van der Waals surface area contributed by atoms with E-state index < -0.39 is 13.9 Å². The molecule has 0 aliphatic heterocycles. The largest absolute Gasteiger partial charge is 0.472 e. The van der Waals surface area contributed by atoms with Crippen LogP contribution >= 0.6 is 7.82 Å². The number of ether oxygens (including phenoxy) is 2. The second-order valence-electron chi connectivity index (χ2n) is 15.9. The average molecular weight is 874 g/mol. The van der Waals surface area contributed by atoms with Gasteiger partial charge in [0.15, 0.2) is 0 Å². The minimum Gasteiger partial charge on any atom is -0.457 e. The van der Waals surface area contributed by atoms with Crippen molar-refractivity contribution in [2.24, 2.45) is 5.73 Å². The summed E-state index contributed by atoms with van der Waals surface area (Å²) in [7, 11) is -4.29. The molecule has 0 radical (unpaired) electrons. The first-order valence-electron chi connectivity index (χ1n) is 24.6. The number of carbonyl (C=O) groups is 1. The van der Waals surface area contributed by atoms with Crippen molar-refractivity contribution in [3.05, 3.63) is 85.1 Å². The normalized spacial score (nSPS) is 14.1. The predicted molar refractivity (Wildman–Crippen MR) is 261 cm³/mol. The zero-order chi connectivity index (χ0) is 44.4. The van der Waals surface area contributed by atoms with Crippen LogP contribution in [0.1, 0.15) is 200 Å². The summed E-state index contributed by atoms with van der Waals surface area (Å²) in [4.78, 5) is 22.6. The average Bonchev–Trinajstić information content (AvgIpc) is 3.25. The molecule has 0 aromatic heterocycles. The van der Waals surface area contributed by atoms with Crippen molar-refractivity contribution in [3.63, 3.8) is 0 Å². The summed E-state index contributed by atoms with van der Waals surface area (Å²) in [5, 5.41) is 0. The van der Waals surface area contributed by atoms with Crippen LogP contribution in [0.2, 0.25) is 0 Å². The van der Waals surface area contributed by atoms with Crippen LogP contribution in [0.15, 0.2) is 85.1 Å². The first-order chi connectivity index (χ1) is 29.9. The Labute approximate surface area is 375 Å². The highest BCUT2D eigenvalue weighted by Crippen LogP contribution is 2.43. The van der Waals surface area contributed by atoms with Crippen molar-refractivity contribution in [1.82, 2.24) is 0 Å². The highest BCUT2D eigenvalue weighted by molar-refractivity contribution is 7.47.